The highest BCUT2D eigenvalue weighted by molar-refractivity contribution is 6.46. The molecule has 0 saturated heterocycles. The molecule has 0 heterocycles. The molecule has 0 aromatic heterocycles. The predicted octanol–water partition coefficient (Wildman–Crippen LogP) is 9.15. The van der Waals surface area contributed by atoms with Crippen LogP contribution in [0.4, 0.5) is 0 Å². The van der Waals surface area contributed by atoms with Gasteiger partial charge in [0.25, 0.3) is 0 Å². The number of hydrogen-bond donors (Lipinski definition) is 0. The van der Waals surface area contributed by atoms with Crippen LogP contribution in [-0.2, 0) is 0 Å². The largest absolute Gasteiger partial charge is 0.0622 e. The van der Waals surface area contributed by atoms with Crippen molar-refractivity contribution in [3.63, 3.8) is 0 Å². The molecule has 0 aliphatic heterocycles. The molecule has 0 radical (unpaired) electrons. The highest BCUT2D eigenvalue weighted by Crippen LogP contribution is 2.52. The fraction of sp³-hybridized carbons (Fsp3) is 0. The Morgan fingerprint density at radius 3 is 1.53 bits per heavy atom. The Morgan fingerprint density at radius 1 is 0.281 bits per heavy atom. The van der Waals surface area contributed by atoms with E-state index in [1.165, 1.54) is 75.8 Å². The summed E-state index contributed by atoms with van der Waals surface area (Å²) in [5.41, 5.74) is 2.66. The van der Waals surface area contributed by atoms with Gasteiger partial charge < -0.3 is 0 Å². The highest BCUT2D eigenvalue weighted by Gasteiger charge is 2.23. The van der Waals surface area contributed by atoms with Gasteiger partial charge in [-0.2, -0.15) is 0 Å². The van der Waals surface area contributed by atoms with Crippen LogP contribution in [0.25, 0.3) is 75.8 Å². The van der Waals surface area contributed by atoms with Crippen molar-refractivity contribution in [2.75, 3.05) is 0 Å². The molecule has 0 N–H and O–H groups in total. The number of fused-ring (bicyclic) bond motifs is 7. The Labute approximate surface area is 185 Å². The highest BCUT2D eigenvalue weighted by atomic mass is 14.3. The van der Waals surface area contributed by atoms with E-state index in [-0.39, 0.29) is 0 Å². The van der Waals surface area contributed by atoms with E-state index in [1.807, 2.05) is 0 Å². The van der Waals surface area contributed by atoms with E-state index in [4.69, 9.17) is 0 Å². The van der Waals surface area contributed by atoms with Gasteiger partial charge in [0.15, 0.2) is 0 Å². The molecule has 8 aromatic carbocycles. The molecule has 0 fully saturated rings. The summed E-state index contributed by atoms with van der Waals surface area (Å²) in [4.78, 5) is 0. The van der Waals surface area contributed by atoms with Crippen molar-refractivity contribution in [1.29, 1.82) is 0 Å². The summed E-state index contributed by atoms with van der Waals surface area (Å²) in [5.74, 6) is 0. The van der Waals surface area contributed by atoms with Crippen molar-refractivity contribution in [1.82, 2.24) is 0 Å². The van der Waals surface area contributed by atoms with Gasteiger partial charge in [0.2, 0.25) is 0 Å². The van der Waals surface area contributed by atoms with Crippen molar-refractivity contribution in [2.45, 2.75) is 0 Å². The molecule has 0 atom stereocenters. The fourth-order valence-corrected chi connectivity index (χ4v) is 6.17. The van der Waals surface area contributed by atoms with Crippen molar-refractivity contribution in [3.05, 3.63) is 109 Å². The predicted molar refractivity (Wildman–Crippen MR) is 139 cm³/mol. The summed E-state index contributed by atoms with van der Waals surface area (Å²) in [7, 11) is 0. The summed E-state index contributed by atoms with van der Waals surface area (Å²) in [6.07, 6.45) is 0. The molecular formula is C32H18. The molecule has 8 aromatic rings. The van der Waals surface area contributed by atoms with E-state index in [0.29, 0.717) is 0 Å². The van der Waals surface area contributed by atoms with Crippen LogP contribution in [0.2, 0.25) is 0 Å². The van der Waals surface area contributed by atoms with Gasteiger partial charge in [-0.3, -0.25) is 0 Å². The SMILES string of the molecule is c1ccc(-c2c3c4ccccc4c4cccc(c43)c3c4cccc5cccc(c23)c54)cc1. The van der Waals surface area contributed by atoms with Gasteiger partial charge in [0.05, 0.1) is 0 Å². The van der Waals surface area contributed by atoms with E-state index in [0.717, 1.165) is 0 Å². The number of rotatable bonds is 1. The zero-order valence-electron chi connectivity index (χ0n) is 17.4. The van der Waals surface area contributed by atoms with E-state index in [1.54, 1.807) is 0 Å². The van der Waals surface area contributed by atoms with Crippen LogP contribution in [0.5, 0.6) is 0 Å². The van der Waals surface area contributed by atoms with E-state index < -0.39 is 0 Å². The lowest BCUT2D eigenvalue weighted by atomic mass is 9.90. The Kier molecular flexibility index (Phi) is 2.97. The summed E-state index contributed by atoms with van der Waals surface area (Å²) in [5, 5.41) is 16.4. The number of hydrogen-bond acceptors (Lipinski definition) is 0. The smallest absolute Gasteiger partial charge is 0.000740 e. The van der Waals surface area contributed by atoms with Gasteiger partial charge in [-0.15, -0.1) is 0 Å². The first kappa shape index (κ1) is 16.5. The van der Waals surface area contributed by atoms with Crippen LogP contribution < -0.4 is 0 Å². The normalized spacial score (nSPS) is 12.4. The molecule has 0 amide bonds. The van der Waals surface area contributed by atoms with Gasteiger partial charge in [-0.05, 0) is 75.8 Å². The van der Waals surface area contributed by atoms with Crippen molar-refractivity contribution in [2.24, 2.45) is 0 Å². The van der Waals surface area contributed by atoms with Gasteiger partial charge in [0.1, 0.15) is 0 Å². The molecule has 0 nitrogen and oxygen atoms in total. The van der Waals surface area contributed by atoms with Gasteiger partial charge in [0, 0.05) is 0 Å². The first-order valence-corrected chi connectivity index (χ1v) is 11.2. The van der Waals surface area contributed by atoms with Gasteiger partial charge >= 0.3 is 0 Å². The third-order valence-corrected chi connectivity index (χ3v) is 7.33. The Morgan fingerprint density at radius 2 is 0.750 bits per heavy atom. The summed E-state index contributed by atoms with van der Waals surface area (Å²) in [6.45, 7) is 0. The van der Waals surface area contributed by atoms with E-state index >= 15 is 0 Å². The Hall–Kier alpha value is -4.16. The van der Waals surface area contributed by atoms with Crippen LogP contribution in [0.15, 0.2) is 109 Å². The molecule has 0 bridgehead atoms. The topological polar surface area (TPSA) is 0 Å². The maximum absolute atomic E-state index is 2.33. The van der Waals surface area contributed by atoms with E-state index in [9.17, 15) is 0 Å². The van der Waals surface area contributed by atoms with E-state index in [2.05, 4.69) is 109 Å². The molecule has 0 aliphatic carbocycles. The van der Waals surface area contributed by atoms with Crippen LogP contribution in [0.3, 0.4) is 0 Å². The maximum atomic E-state index is 2.33. The summed E-state index contributed by atoms with van der Waals surface area (Å²) >= 11 is 0. The van der Waals surface area contributed by atoms with Crippen LogP contribution in [0, 0.1) is 0 Å². The van der Waals surface area contributed by atoms with Gasteiger partial charge in [-0.1, -0.05) is 109 Å². The second kappa shape index (κ2) is 5.75. The molecular weight excluding hydrogens is 384 g/mol. The molecule has 0 aliphatic rings. The van der Waals surface area contributed by atoms with Crippen LogP contribution in [0.1, 0.15) is 0 Å². The van der Waals surface area contributed by atoms with Crippen molar-refractivity contribution >= 4 is 64.6 Å². The first-order chi connectivity index (χ1) is 15.9. The molecule has 0 unspecified atom stereocenters. The molecule has 0 spiro atoms. The molecule has 0 heteroatoms. The van der Waals surface area contributed by atoms with Crippen LogP contribution in [-0.4, -0.2) is 0 Å². The zero-order chi connectivity index (χ0) is 20.8. The second-order valence-corrected chi connectivity index (χ2v) is 8.85. The fourth-order valence-electron chi connectivity index (χ4n) is 6.17. The molecule has 0 saturated carbocycles. The average Bonchev–Trinajstić information content (AvgIpc) is 3.37. The quantitative estimate of drug-likeness (QED) is 0.257. The monoisotopic (exact) mass is 402 g/mol. The minimum absolute atomic E-state index is 1.29. The number of benzene rings is 6. The van der Waals surface area contributed by atoms with Crippen molar-refractivity contribution < 1.29 is 0 Å². The van der Waals surface area contributed by atoms with Crippen LogP contribution >= 0.6 is 0 Å². The standard InChI is InChI=1S/C32H18/c1-2-9-20(10-3-1)28-31-23-14-5-4-13-21(23)22-15-8-18-26(29(22)31)30-24-16-6-11-19-12-7-17-25(27(19)24)32(28)30/h1-18H. The third kappa shape index (κ3) is 1.85. The molecule has 8 rings (SSSR count). The van der Waals surface area contributed by atoms with Gasteiger partial charge in [-0.25, -0.2) is 0 Å². The average molecular weight is 402 g/mol. The summed E-state index contributed by atoms with van der Waals surface area (Å²) in [6, 6.07) is 40.2. The maximum Gasteiger partial charge on any atom is -0.000740 e. The minimum Gasteiger partial charge on any atom is -0.0622 e. The lowest BCUT2D eigenvalue weighted by Gasteiger charge is -2.12. The molecule has 32 heavy (non-hydrogen) atoms. The lowest BCUT2D eigenvalue weighted by molar-refractivity contribution is 1.70. The lowest BCUT2D eigenvalue weighted by Crippen LogP contribution is -1.84. The second-order valence-electron chi connectivity index (χ2n) is 8.85. The third-order valence-electron chi connectivity index (χ3n) is 7.33. The first-order valence-electron chi connectivity index (χ1n) is 11.2. The Bertz CT molecular complexity index is 1950. The summed E-state index contributed by atoms with van der Waals surface area (Å²) < 4.78 is 0. The minimum atomic E-state index is 1.29. The molecule has 146 valence electrons. The Balaban J connectivity index is 1.84. The van der Waals surface area contributed by atoms with Crippen molar-refractivity contribution in [3.8, 4) is 11.1 Å². The zero-order valence-corrected chi connectivity index (χ0v) is 17.4.